The number of aliphatic hydroxyl groups excluding tert-OH is 22. The first-order valence-electron chi connectivity index (χ1n) is 49.2. The van der Waals surface area contributed by atoms with Gasteiger partial charge in [-0.2, -0.15) is 0 Å². The zero-order valence-corrected chi connectivity index (χ0v) is 80.4. The van der Waals surface area contributed by atoms with E-state index in [0.717, 1.165) is 11.9 Å². The predicted molar refractivity (Wildman–Crippen MR) is 466 cm³/mol. The van der Waals surface area contributed by atoms with Crippen molar-refractivity contribution in [1.82, 2.24) is 5.32 Å². The lowest BCUT2D eigenvalue weighted by molar-refractivity contribution is -0.384. The van der Waals surface area contributed by atoms with Crippen LogP contribution in [0.4, 0.5) is 0 Å². The number of fused-ring (bicyclic) bond motifs is 7. The maximum Gasteiger partial charge on any atom is 0.317 e. The average molecular weight is 1970 g/mol. The van der Waals surface area contributed by atoms with Crippen molar-refractivity contribution in [3.05, 3.63) is 11.6 Å². The molecular weight excluding hydrogens is 1810 g/mol. The minimum absolute atomic E-state index is 0.0167. The summed E-state index contributed by atoms with van der Waals surface area (Å²) in [5.74, 6) is -5.02. The lowest BCUT2D eigenvalue weighted by Gasteiger charge is -2.71. The molecule has 23 N–H and O–H groups in total. The first-order valence-corrected chi connectivity index (χ1v) is 49.2. The van der Waals surface area contributed by atoms with Crippen molar-refractivity contribution in [3.63, 3.8) is 0 Å². The third kappa shape index (κ3) is 21.8. The molecular formula is C94H155NO42. The molecule has 5 aliphatic carbocycles. The number of aldehydes is 1. The van der Waals surface area contributed by atoms with E-state index in [1.807, 2.05) is 41.5 Å². The highest BCUT2D eigenvalue weighted by atomic mass is 16.8. The summed E-state index contributed by atoms with van der Waals surface area (Å²) in [5, 5.41) is 251. The molecule has 0 aromatic heterocycles. The van der Waals surface area contributed by atoms with E-state index in [9.17, 15) is 122 Å². The molecule has 137 heavy (non-hydrogen) atoms. The summed E-state index contributed by atoms with van der Waals surface area (Å²) in [6.45, 7) is 20.8. The number of hydrogen-bond donors (Lipinski definition) is 23. The van der Waals surface area contributed by atoms with E-state index in [0.29, 0.717) is 51.4 Å². The number of allylic oxidation sites excluding steroid dienone is 2. The molecule has 13 aliphatic rings. The minimum Gasteiger partial charge on any atom is -0.432 e. The van der Waals surface area contributed by atoms with Gasteiger partial charge in [0.25, 0.3) is 0 Å². The van der Waals surface area contributed by atoms with Crippen LogP contribution in [0.1, 0.15) is 199 Å². The molecule has 0 aromatic rings. The molecule has 4 saturated carbocycles. The number of carbonyl (C=O) groups excluding carboxylic acids is 4. The maximum absolute atomic E-state index is 16.8. The molecule has 0 radical (unpaired) electrons. The average Bonchev–Trinajstić information content (AvgIpc) is 0.700. The van der Waals surface area contributed by atoms with Gasteiger partial charge in [-0.1, -0.05) is 101 Å². The maximum atomic E-state index is 16.8. The number of amides is 1. The van der Waals surface area contributed by atoms with Crippen molar-refractivity contribution >= 4 is 23.9 Å². The third-order valence-corrected chi connectivity index (χ3v) is 34.1. The van der Waals surface area contributed by atoms with Gasteiger partial charge in [0, 0.05) is 19.3 Å². The Labute approximate surface area is 796 Å². The van der Waals surface area contributed by atoms with Crippen molar-refractivity contribution in [2.24, 2.45) is 68.0 Å². The highest BCUT2D eigenvalue weighted by molar-refractivity contribution is 5.80. The number of Topliss-reactive ketones (excluding diaryl/α,β-unsaturated/α-hetero) is 1. The molecule has 8 aliphatic heterocycles. The van der Waals surface area contributed by atoms with Crippen molar-refractivity contribution < 1.29 is 207 Å². The summed E-state index contributed by atoms with van der Waals surface area (Å²) in [6, 6.07) is -1.80. The predicted octanol–water partition coefficient (Wildman–Crippen LogP) is -4.12. The Morgan fingerprint density at radius 3 is 1.61 bits per heavy atom. The normalized spacial score (nSPS) is 49.2. The lowest BCUT2D eigenvalue weighted by atomic mass is 9.33. The number of ether oxygens (including phenoxy) is 16. The monoisotopic (exact) mass is 1970 g/mol. The van der Waals surface area contributed by atoms with Gasteiger partial charge in [0.1, 0.15) is 158 Å². The van der Waals surface area contributed by atoms with Gasteiger partial charge in [-0.3, -0.25) is 14.4 Å². The second kappa shape index (κ2) is 44.7. The highest BCUT2D eigenvalue weighted by Gasteiger charge is 2.74. The Hall–Kier alpha value is -3.46. The number of hydrogen-bond acceptors (Lipinski definition) is 42. The summed E-state index contributed by atoms with van der Waals surface area (Å²) in [6.07, 6.45) is -61.5. The molecule has 788 valence electrons. The van der Waals surface area contributed by atoms with E-state index < -0.39 is 353 Å². The van der Waals surface area contributed by atoms with Crippen LogP contribution < -0.4 is 5.32 Å². The largest absolute Gasteiger partial charge is 0.432 e. The molecule has 12 fully saturated rings. The van der Waals surface area contributed by atoms with E-state index in [2.05, 4.69) is 32.2 Å². The van der Waals surface area contributed by atoms with Crippen molar-refractivity contribution in [3.8, 4) is 0 Å². The van der Waals surface area contributed by atoms with Crippen LogP contribution in [-0.2, 0) is 95.0 Å². The van der Waals surface area contributed by atoms with Gasteiger partial charge in [0.15, 0.2) is 50.1 Å². The van der Waals surface area contributed by atoms with Gasteiger partial charge < -0.3 is 198 Å². The number of esters is 1. The van der Waals surface area contributed by atoms with E-state index >= 15 is 9.59 Å². The zero-order chi connectivity index (χ0) is 100. The van der Waals surface area contributed by atoms with Gasteiger partial charge in [0.2, 0.25) is 12.2 Å². The zero-order valence-electron chi connectivity index (χ0n) is 80.4. The van der Waals surface area contributed by atoms with Gasteiger partial charge in [-0.05, 0) is 142 Å². The van der Waals surface area contributed by atoms with Crippen molar-refractivity contribution in [2.45, 2.75) is 451 Å². The molecule has 0 aromatic carbocycles. The SMILES string of the molecule is CC[C@@H](C)[C@@H](CC(=O)C[C@@H](O)C[C@H](O[C@@H]1O[C@@H](CC)[C@@H](O)C1O)[C@H](C)CC)C[C@H](O)CC(=O)N[C@H]1C(CO)O[C@@H](OC(=O)[C@]23CCC(C)(C)CC2C2=CCC4C5(C)CC[C@H](O[C@@H]6OC[C@@H](O)[C@H](O[C@@H]7OC[C@@H](O)[C@H](O)C7O)C6O[C@@H]6OC(CO)[C@H](O)[C@H](O)C6O)[C@](C)(C=O)[C@@H]5CC[C@]4(C)[C@]2(C)CC3O)[C@H](O[C@@H]2OC(C)[C@H](O[C@@H]3OC[C@@H](O)C(O)[C@H]3O)C(O)[C@@H]2O)C1O[C@@H]1OC(C)[C@H](O)[C@H](O)C1O. The number of rotatable bonds is 35. The fraction of sp³-hybridized carbons (Fsp3) is 0.936. The Bertz CT molecular complexity index is 3990. The Balaban J connectivity index is 0.791. The molecule has 1 amide bonds. The van der Waals surface area contributed by atoms with E-state index in [1.54, 1.807) is 13.8 Å². The Morgan fingerprint density at radius 1 is 0.489 bits per heavy atom. The lowest BCUT2D eigenvalue weighted by Crippen LogP contribution is -2.71. The van der Waals surface area contributed by atoms with Crippen LogP contribution in [0.15, 0.2) is 11.6 Å². The molecule has 13 rings (SSSR count). The van der Waals surface area contributed by atoms with E-state index in [1.165, 1.54) is 13.8 Å². The van der Waals surface area contributed by atoms with Crippen molar-refractivity contribution in [2.75, 3.05) is 33.0 Å². The molecule has 52 atom stereocenters. The molecule has 0 spiro atoms. The summed E-state index contributed by atoms with van der Waals surface area (Å²) in [5.41, 5.74) is -5.35. The Morgan fingerprint density at radius 2 is 1.01 bits per heavy atom. The summed E-state index contributed by atoms with van der Waals surface area (Å²) >= 11 is 0. The van der Waals surface area contributed by atoms with Gasteiger partial charge in [-0.25, -0.2) is 0 Å². The Kier molecular flexibility index (Phi) is 36.1. The summed E-state index contributed by atoms with van der Waals surface area (Å²) in [4.78, 5) is 60.4. The van der Waals surface area contributed by atoms with Crippen LogP contribution >= 0.6 is 0 Å². The van der Waals surface area contributed by atoms with Crippen LogP contribution in [0.25, 0.3) is 0 Å². The quantitative estimate of drug-likeness (QED) is 0.0124. The van der Waals surface area contributed by atoms with E-state index in [4.69, 9.17) is 75.8 Å². The van der Waals surface area contributed by atoms with Crippen LogP contribution in [0.5, 0.6) is 0 Å². The molecule has 8 heterocycles. The first kappa shape index (κ1) is 111. The summed E-state index contributed by atoms with van der Waals surface area (Å²) < 4.78 is 99.8. The van der Waals surface area contributed by atoms with Gasteiger partial charge in [0.05, 0.1) is 99.7 Å². The molecule has 8 saturated heterocycles. The fourth-order valence-electron chi connectivity index (χ4n) is 24.9. The first-order chi connectivity index (χ1) is 64.4. The molecule has 16 unspecified atom stereocenters. The second-order valence-electron chi connectivity index (χ2n) is 43.3. The summed E-state index contributed by atoms with van der Waals surface area (Å²) in [7, 11) is 0. The third-order valence-electron chi connectivity index (χ3n) is 34.1. The second-order valence-corrected chi connectivity index (χ2v) is 43.3. The van der Waals surface area contributed by atoms with Crippen molar-refractivity contribution in [1.29, 1.82) is 0 Å². The van der Waals surface area contributed by atoms with Gasteiger partial charge in [-0.15, -0.1) is 0 Å². The standard InChI is InChI=1S/C94H155NO42/c1-14-38(4)42(25-43(99)27-45(101)28-52(39(5)15-2)128-84-71(117)64(110)51(16-3)127-84)26-44(100)29-59(106)95-60-53(32-96)129-87(79(77(60)134-82-72(118)66(112)61(107)40(6)125-82)136-83-74(120)68(114)75(41(7)126-83)132-80-69(115)62(108)48(102)34-122-80)137-88(121)94-24-23-89(8,9)30-47(94)46-17-18-56-90(10)21-20-58(91(11,37-98)55(90)19-22-92(56,12)93(46,13)31-57(94)105)131-86-78(135-85-73(119)67(113)65(111)54(33-97)130-85)76(50(104)36-124-86)133-81-70(116)63(109)49(103)35-123-81/h17,37-42,44-45,47-58,60-87,96-97,100-105,107-120H,14-16,18-36H2,1-13H3,(H,95,106)/t38-,39-,40?,41?,42+,44+,45-,47?,48-,49-,50-,51+,52+,53?,54?,55-,56?,57?,58+,60+,61+,62?,63+,64-,65+,66+,67+,68?,69-,70?,71?,72?,73?,74+,75+,76+,77?,78?,79-,80+,81+,82+,83+,84+,85+,86+,87+,90?,91-,92+,93-,94-/m1/s1. The molecule has 0 bridgehead atoms. The number of carbonyl (C=O) groups is 4. The van der Waals surface area contributed by atoms with E-state index in [-0.39, 0.29) is 74.9 Å². The smallest absolute Gasteiger partial charge is 0.317 e. The number of ketones is 1. The topological polar surface area (TPSA) is 673 Å². The number of nitrogens with one attached hydrogen (secondary N) is 1. The van der Waals surface area contributed by atoms with Gasteiger partial charge >= 0.3 is 5.97 Å². The molecule has 43 heteroatoms. The van der Waals surface area contributed by atoms with Crippen LogP contribution in [0.2, 0.25) is 0 Å². The van der Waals surface area contributed by atoms with Crippen LogP contribution in [-0.4, -0.2) is 421 Å². The fourth-order valence-corrected chi connectivity index (χ4v) is 24.9. The minimum atomic E-state index is -2.23. The number of aliphatic hydroxyl groups is 22. The molecule has 43 nitrogen and oxygen atoms in total. The van der Waals surface area contributed by atoms with Crippen LogP contribution in [0.3, 0.4) is 0 Å². The van der Waals surface area contributed by atoms with Crippen LogP contribution in [0, 0.1) is 68.0 Å². The highest BCUT2D eigenvalue weighted by Crippen LogP contribution is 2.76.